The molecule has 0 fully saturated rings. The highest BCUT2D eigenvalue weighted by Gasteiger charge is 2.09. The van der Waals surface area contributed by atoms with Crippen LogP contribution in [0.5, 0.6) is 0 Å². The minimum Gasteiger partial charge on any atom is -0.481 e. The summed E-state index contributed by atoms with van der Waals surface area (Å²) in [6.07, 6.45) is 1.80. The highest BCUT2D eigenvalue weighted by Crippen LogP contribution is 2.14. The van der Waals surface area contributed by atoms with E-state index in [2.05, 4.69) is 10.4 Å². The number of hydrogen-bond donors (Lipinski definition) is 2. The third-order valence-electron chi connectivity index (χ3n) is 2.82. The maximum Gasteiger partial charge on any atom is 0.303 e. The second kappa shape index (κ2) is 7.21. The van der Waals surface area contributed by atoms with Crippen LogP contribution in [0.4, 0.5) is 0 Å². The van der Waals surface area contributed by atoms with Crippen molar-refractivity contribution < 1.29 is 19.1 Å². The average Bonchev–Trinajstić information content (AvgIpc) is 3.00. The molecule has 0 radical (unpaired) electrons. The van der Waals surface area contributed by atoms with Crippen molar-refractivity contribution in [2.45, 2.75) is 19.4 Å². The van der Waals surface area contributed by atoms with E-state index >= 15 is 0 Å². The van der Waals surface area contributed by atoms with Crippen LogP contribution in [-0.4, -0.2) is 33.3 Å². The Kier molecular flexibility index (Phi) is 5.07. The molecule has 22 heavy (non-hydrogen) atoms. The predicted molar refractivity (Wildman–Crippen MR) is 76.1 cm³/mol. The molecule has 0 unspecified atom stereocenters. The number of nitrogens with one attached hydrogen (secondary N) is 1. The van der Waals surface area contributed by atoms with E-state index in [4.69, 9.17) is 9.52 Å². The van der Waals surface area contributed by atoms with E-state index in [1.807, 2.05) is 0 Å². The van der Waals surface area contributed by atoms with Crippen molar-refractivity contribution in [2.24, 2.45) is 0 Å². The fraction of sp³-hybridized carbons (Fsp3) is 0.286. The highest BCUT2D eigenvalue weighted by molar-refractivity contribution is 5.75. The first-order chi connectivity index (χ1) is 10.6. The first-order valence-corrected chi connectivity index (χ1v) is 6.67. The van der Waals surface area contributed by atoms with Crippen LogP contribution in [0, 0.1) is 0 Å². The summed E-state index contributed by atoms with van der Waals surface area (Å²) in [5.74, 6) is -0.828. The third kappa shape index (κ3) is 4.30. The number of carbonyl (C=O) groups excluding carboxylic acids is 1. The molecule has 0 saturated carbocycles. The van der Waals surface area contributed by atoms with Crippen molar-refractivity contribution in [3.8, 4) is 11.5 Å². The monoisotopic (exact) mass is 305 g/mol. The lowest BCUT2D eigenvalue weighted by atomic mass is 10.3. The van der Waals surface area contributed by atoms with Crippen molar-refractivity contribution in [1.29, 1.82) is 0 Å². The molecule has 0 saturated heterocycles. The summed E-state index contributed by atoms with van der Waals surface area (Å²) in [6, 6.07) is 6.22. The first-order valence-electron chi connectivity index (χ1n) is 6.67. The minimum atomic E-state index is -0.918. The fourth-order valence-electron chi connectivity index (χ4n) is 1.78. The number of carboxylic acid groups (broad SMARTS) is 1. The molecule has 0 aromatic carbocycles. The lowest BCUT2D eigenvalue weighted by molar-refractivity contribution is -0.137. The van der Waals surface area contributed by atoms with E-state index in [-0.39, 0.29) is 19.5 Å². The molecule has 2 N–H and O–H groups in total. The largest absolute Gasteiger partial charge is 0.481 e. The van der Waals surface area contributed by atoms with Gasteiger partial charge in [-0.25, -0.2) is 4.68 Å². The smallest absolute Gasteiger partial charge is 0.303 e. The van der Waals surface area contributed by atoms with Crippen LogP contribution in [0.3, 0.4) is 0 Å². The average molecular weight is 305 g/mol. The van der Waals surface area contributed by atoms with Crippen molar-refractivity contribution in [3.63, 3.8) is 0 Å². The summed E-state index contributed by atoms with van der Waals surface area (Å²) in [5.41, 5.74) is 0.0410. The van der Waals surface area contributed by atoms with E-state index in [1.165, 1.54) is 18.4 Å². The number of carboxylic acids is 1. The van der Waals surface area contributed by atoms with Crippen LogP contribution in [0.25, 0.3) is 11.5 Å². The van der Waals surface area contributed by atoms with Gasteiger partial charge in [0, 0.05) is 19.0 Å². The van der Waals surface area contributed by atoms with E-state index in [9.17, 15) is 14.4 Å². The van der Waals surface area contributed by atoms with Crippen molar-refractivity contribution in [2.75, 3.05) is 6.54 Å². The molecule has 8 nitrogen and oxygen atoms in total. The van der Waals surface area contributed by atoms with Gasteiger partial charge in [0.15, 0.2) is 5.76 Å². The predicted octanol–water partition coefficient (Wildman–Crippen LogP) is 0.484. The highest BCUT2D eigenvalue weighted by atomic mass is 16.4. The zero-order valence-electron chi connectivity index (χ0n) is 11.7. The Hall–Kier alpha value is -2.90. The molecule has 0 aliphatic carbocycles. The molecule has 0 aliphatic rings. The zero-order valence-corrected chi connectivity index (χ0v) is 11.7. The van der Waals surface area contributed by atoms with E-state index in [0.29, 0.717) is 17.9 Å². The summed E-state index contributed by atoms with van der Waals surface area (Å²) >= 11 is 0. The molecule has 0 aliphatic heterocycles. The molecule has 0 bridgehead atoms. The molecular weight excluding hydrogens is 290 g/mol. The summed E-state index contributed by atoms with van der Waals surface area (Å²) in [5, 5.41) is 15.1. The number of carbonyl (C=O) groups is 2. The van der Waals surface area contributed by atoms with Crippen LogP contribution in [0.15, 0.2) is 39.7 Å². The molecule has 0 atom stereocenters. The van der Waals surface area contributed by atoms with E-state index in [1.54, 1.807) is 12.1 Å². The van der Waals surface area contributed by atoms with Crippen LogP contribution in [-0.2, 0) is 16.1 Å². The fourth-order valence-corrected chi connectivity index (χ4v) is 1.78. The molecule has 2 aromatic heterocycles. The van der Waals surface area contributed by atoms with Gasteiger partial charge in [0.2, 0.25) is 5.91 Å². The Labute approximate surface area is 125 Å². The molecule has 2 rings (SSSR count). The molecule has 1 amide bonds. The number of amides is 1. The zero-order chi connectivity index (χ0) is 15.9. The second-order valence-corrected chi connectivity index (χ2v) is 4.54. The van der Waals surface area contributed by atoms with Gasteiger partial charge in [0.1, 0.15) is 12.2 Å². The number of aliphatic carboxylic acids is 1. The van der Waals surface area contributed by atoms with E-state index < -0.39 is 17.4 Å². The number of hydrogen-bond acceptors (Lipinski definition) is 5. The minimum absolute atomic E-state index is 0.0214. The quantitative estimate of drug-likeness (QED) is 0.719. The first kappa shape index (κ1) is 15.5. The van der Waals surface area contributed by atoms with Gasteiger partial charge in [-0.05, 0) is 24.6 Å². The number of nitrogens with zero attached hydrogens (tertiary/aromatic N) is 2. The Balaban J connectivity index is 1.97. The maximum absolute atomic E-state index is 11.7. The van der Waals surface area contributed by atoms with Crippen molar-refractivity contribution in [3.05, 3.63) is 40.9 Å². The van der Waals surface area contributed by atoms with Gasteiger partial charge in [-0.15, -0.1) is 0 Å². The van der Waals surface area contributed by atoms with E-state index in [0.717, 1.165) is 4.68 Å². The van der Waals surface area contributed by atoms with Crippen LogP contribution in [0.1, 0.15) is 12.8 Å². The number of aromatic nitrogens is 2. The summed E-state index contributed by atoms with van der Waals surface area (Å²) in [4.78, 5) is 33.8. The molecular formula is C14H15N3O5. The standard InChI is InChI=1S/C14H15N3O5/c18-12(15-7-1-4-14(20)21)9-17-13(19)6-5-10(16-17)11-3-2-8-22-11/h2-3,5-6,8H,1,4,7,9H2,(H,15,18)(H,20,21). The lowest BCUT2D eigenvalue weighted by Crippen LogP contribution is -2.34. The van der Waals surface area contributed by atoms with Gasteiger partial charge in [0.25, 0.3) is 5.56 Å². The van der Waals surface area contributed by atoms with Crippen molar-refractivity contribution in [1.82, 2.24) is 15.1 Å². The number of rotatable bonds is 7. The maximum atomic E-state index is 11.7. The van der Waals surface area contributed by atoms with Crippen LogP contribution < -0.4 is 10.9 Å². The SMILES string of the molecule is O=C(O)CCCNC(=O)Cn1nc(-c2ccco2)ccc1=O. The van der Waals surface area contributed by atoms with Gasteiger partial charge in [0.05, 0.1) is 6.26 Å². The van der Waals surface area contributed by atoms with Gasteiger partial charge in [-0.1, -0.05) is 0 Å². The molecule has 0 spiro atoms. The topological polar surface area (TPSA) is 114 Å². The summed E-state index contributed by atoms with van der Waals surface area (Å²) < 4.78 is 6.22. The Bertz CT molecular complexity index is 706. The molecule has 8 heteroatoms. The third-order valence-corrected chi connectivity index (χ3v) is 2.82. The Morgan fingerprint density at radius 2 is 2.14 bits per heavy atom. The van der Waals surface area contributed by atoms with Gasteiger partial charge in [-0.3, -0.25) is 14.4 Å². The molecule has 2 heterocycles. The lowest BCUT2D eigenvalue weighted by Gasteiger charge is -2.07. The Morgan fingerprint density at radius 3 is 2.82 bits per heavy atom. The van der Waals surface area contributed by atoms with Crippen molar-refractivity contribution >= 4 is 11.9 Å². The molecule has 2 aromatic rings. The van der Waals surface area contributed by atoms with Crippen LogP contribution >= 0.6 is 0 Å². The van der Waals surface area contributed by atoms with Gasteiger partial charge < -0.3 is 14.8 Å². The molecule has 116 valence electrons. The van der Waals surface area contributed by atoms with Crippen LogP contribution in [0.2, 0.25) is 0 Å². The summed E-state index contributed by atoms with van der Waals surface area (Å²) in [7, 11) is 0. The summed E-state index contributed by atoms with van der Waals surface area (Å²) in [6.45, 7) is -0.00177. The Morgan fingerprint density at radius 1 is 1.32 bits per heavy atom. The van der Waals surface area contributed by atoms with Gasteiger partial charge >= 0.3 is 5.97 Å². The normalized spacial score (nSPS) is 10.4. The van der Waals surface area contributed by atoms with Gasteiger partial charge in [-0.2, -0.15) is 5.10 Å². The number of furan rings is 1. The second-order valence-electron chi connectivity index (χ2n) is 4.54.